The number of aromatic nitrogens is 2. The first-order valence-corrected chi connectivity index (χ1v) is 10.4. The number of morpholine rings is 1. The van der Waals surface area contributed by atoms with Crippen molar-refractivity contribution in [2.24, 2.45) is 5.41 Å². The summed E-state index contributed by atoms with van der Waals surface area (Å²) < 4.78 is 11.4. The lowest BCUT2D eigenvalue weighted by atomic mass is 9.66. The van der Waals surface area contributed by atoms with Crippen molar-refractivity contribution < 1.29 is 23.9 Å². The third kappa shape index (κ3) is 2.86. The zero-order valence-electron chi connectivity index (χ0n) is 17.9. The van der Waals surface area contributed by atoms with Gasteiger partial charge in [0.1, 0.15) is 5.69 Å². The van der Waals surface area contributed by atoms with Crippen molar-refractivity contribution in [3.63, 3.8) is 0 Å². The van der Waals surface area contributed by atoms with E-state index in [0.29, 0.717) is 18.1 Å². The predicted molar refractivity (Wildman–Crippen MR) is 113 cm³/mol. The van der Waals surface area contributed by atoms with E-state index in [0.717, 1.165) is 16.8 Å². The van der Waals surface area contributed by atoms with Gasteiger partial charge in [0.25, 0.3) is 0 Å². The minimum absolute atomic E-state index is 0.0969. The fraction of sp³-hybridized carbons (Fsp3) is 0.409. The van der Waals surface area contributed by atoms with Gasteiger partial charge in [0.05, 0.1) is 25.4 Å². The molecule has 3 atom stereocenters. The zero-order chi connectivity index (χ0) is 22.6. The second kappa shape index (κ2) is 7.27. The van der Waals surface area contributed by atoms with Crippen LogP contribution in [0.3, 0.4) is 0 Å². The summed E-state index contributed by atoms with van der Waals surface area (Å²) in [4.78, 5) is 48.9. The van der Waals surface area contributed by atoms with E-state index in [4.69, 9.17) is 9.47 Å². The molecule has 5 rings (SSSR count). The number of methoxy groups -OCH3 is 1. The number of fused-ring (bicyclic) bond motifs is 4. The quantitative estimate of drug-likeness (QED) is 0.669. The molecule has 0 saturated carbocycles. The van der Waals surface area contributed by atoms with Gasteiger partial charge in [-0.25, -0.2) is 14.8 Å². The van der Waals surface area contributed by atoms with Gasteiger partial charge < -0.3 is 14.4 Å². The van der Waals surface area contributed by atoms with Gasteiger partial charge in [0, 0.05) is 30.2 Å². The van der Waals surface area contributed by atoms with Gasteiger partial charge in [0.15, 0.2) is 5.41 Å². The second-order valence-electron chi connectivity index (χ2n) is 8.39. The molecule has 3 aliphatic rings. The van der Waals surface area contributed by atoms with Gasteiger partial charge >= 0.3 is 6.03 Å². The van der Waals surface area contributed by atoms with Crippen molar-refractivity contribution in [3.05, 3.63) is 36.2 Å². The summed E-state index contributed by atoms with van der Waals surface area (Å²) in [6.07, 6.45) is 2.74. The van der Waals surface area contributed by atoms with Crippen molar-refractivity contribution in [2.45, 2.75) is 38.5 Å². The van der Waals surface area contributed by atoms with Crippen LogP contribution in [0.2, 0.25) is 0 Å². The monoisotopic (exact) mass is 437 g/mol. The van der Waals surface area contributed by atoms with Gasteiger partial charge in [-0.05, 0) is 38.0 Å². The smallest absolute Gasteiger partial charge is 0.328 e. The summed E-state index contributed by atoms with van der Waals surface area (Å²) in [6, 6.07) is 4.43. The lowest BCUT2D eigenvalue weighted by molar-refractivity contribution is -0.153. The first-order valence-electron chi connectivity index (χ1n) is 10.4. The number of amides is 4. The van der Waals surface area contributed by atoms with Crippen LogP contribution in [0.5, 0.6) is 5.88 Å². The Kier molecular flexibility index (Phi) is 4.63. The van der Waals surface area contributed by atoms with E-state index in [1.165, 1.54) is 7.11 Å². The fourth-order valence-electron chi connectivity index (χ4n) is 5.27. The maximum Gasteiger partial charge on any atom is 0.328 e. The van der Waals surface area contributed by atoms with Crippen molar-refractivity contribution >= 4 is 23.5 Å². The third-order valence-electron chi connectivity index (χ3n) is 6.44. The van der Waals surface area contributed by atoms with Crippen molar-refractivity contribution in [3.8, 4) is 17.1 Å². The molecule has 0 bridgehead atoms. The molecule has 1 aromatic heterocycles. The molecule has 0 aliphatic carbocycles. The number of ether oxygens (including phenoxy) is 2. The van der Waals surface area contributed by atoms with Gasteiger partial charge in [-0.15, -0.1) is 0 Å². The van der Waals surface area contributed by atoms with Gasteiger partial charge in [0.2, 0.25) is 17.7 Å². The Labute approximate surface area is 184 Å². The average molecular weight is 437 g/mol. The molecule has 2 aromatic rings. The van der Waals surface area contributed by atoms with E-state index in [9.17, 15) is 14.4 Å². The number of barbiturate groups is 1. The lowest BCUT2D eigenvalue weighted by Gasteiger charge is -2.55. The maximum atomic E-state index is 13.2. The first-order chi connectivity index (χ1) is 15.3. The topological polar surface area (TPSA) is 123 Å². The van der Waals surface area contributed by atoms with Crippen LogP contribution < -0.4 is 20.3 Å². The minimum Gasteiger partial charge on any atom is -0.479 e. The highest BCUT2D eigenvalue weighted by Crippen LogP contribution is 2.47. The number of imide groups is 2. The van der Waals surface area contributed by atoms with Crippen molar-refractivity contribution in [1.82, 2.24) is 20.6 Å². The molecule has 1 spiro atoms. The van der Waals surface area contributed by atoms with E-state index in [1.807, 2.05) is 32.0 Å². The third-order valence-corrected chi connectivity index (χ3v) is 6.44. The SMILES string of the molecule is COc1nccnc1-c1ccc2c(c1)CC1(C(=O)NC(=O)NC1=O)[C@@H]1[C@@H](C)O[C@@H](C)CN21. The predicted octanol–water partition coefficient (Wildman–Crippen LogP) is 1.04. The largest absolute Gasteiger partial charge is 0.479 e. The van der Waals surface area contributed by atoms with Crippen molar-refractivity contribution in [1.29, 1.82) is 0 Å². The molecular formula is C22H23N5O5. The highest BCUT2D eigenvalue weighted by molar-refractivity contribution is 6.20. The molecule has 32 heavy (non-hydrogen) atoms. The van der Waals surface area contributed by atoms with E-state index in [-0.39, 0.29) is 12.5 Å². The molecule has 1 aromatic carbocycles. The van der Waals surface area contributed by atoms with Crippen LogP contribution in [0.25, 0.3) is 11.3 Å². The molecular weight excluding hydrogens is 414 g/mol. The summed E-state index contributed by atoms with van der Waals surface area (Å²) in [7, 11) is 1.52. The summed E-state index contributed by atoms with van der Waals surface area (Å²) in [5.74, 6) is -0.845. The van der Waals surface area contributed by atoms with Crippen LogP contribution in [0, 0.1) is 5.41 Å². The Morgan fingerprint density at radius 1 is 1.12 bits per heavy atom. The number of hydrogen-bond acceptors (Lipinski definition) is 8. The number of carbonyl (C=O) groups excluding carboxylic acids is 3. The summed E-state index contributed by atoms with van der Waals surface area (Å²) >= 11 is 0. The standard InChI is InChI=1S/C22H23N5O5/c1-11-10-27-15-5-4-13(16-18(31-3)24-7-6-23-16)8-14(15)9-22(17(27)12(2)32-11)19(28)25-21(30)26-20(22)29/h4-8,11-12,17H,9-10H2,1-3H3,(H2,25,26,28,29,30)/t11-,12+,17-/m0/s1. The van der Waals surface area contributed by atoms with Gasteiger partial charge in [-0.1, -0.05) is 6.07 Å². The zero-order valence-corrected chi connectivity index (χ0v) is 17.9. The van der Waals surface area contributed by atoms with E-state index >= 15 is 0 Å². The molecule has 4 heterocycles. The Morgan fingerprint density at radius 3 is 2.56 bits per heavy atom. The first kappa shape index (κ1) is 20.4. The lowest BCUT2D eigenvalue weighted by Crippen LogP contribution is -2.75. The van der Waals surface area contributed by atoms with Crippen LogP contribution in [-0.2, 0) is 20.7 Å². The number of nitrogens with zero attached hydrogens (tertiary/aromatic N) is 3. The van der Waals surface area contributed by atoms with Crippen LogP contribution in [0.15, 0.2) is 30.6 Å². The summed E-state index contributed by atoms with van der Waals surface area (Å²) in [5, 5.41) is 4.59. The summed E-state index contributed by atoms with van der Waals surface area (Å²) in [6.45, 7) is 4.32. The van der Waals surface area contributed by atoms with Crippen LogP contribution in [0.4, 0.5) is 10.5 Å². The molecule has 10 nitrogen and oxygen atoms in total. The molecule has 3 aliphatic heterocycles. The number of rotatable bonds is 2. The Bertz CT molecular complexity index is 1120. The molecule has 2 fully saturated rings. The second-order valence-corrected chi connectivity index (χ2v) is 8.39. The highest BCUT2D eigenvalue weighted by atomic mass is 16.5. The molecule has 166 valence electrons. The number of hydrogen-bond donors (Lipinski definition) is 2. The number of urea groups is 1. The molecule has 2 saturated heterocycles. The number of carbonyl (C=O) groups is 3. The van der Waals surface area contributed by atoms with E-state index in [2.05, 4.69) is 25.5 Å². The normalized spacial score (nSPS) is 26.2. The Morgan fingerprint density at radius 2 is 1.84 bits per heavy atom. The van der Waals surface area contributed by atoms with E-state index < -0.39 is 35.4 Å². The molecule has 0 unspecified atom stereocenters. The molecule has 0 radical (unpaired) electrons. The maximum absolute atomic E-state index is 13.2. The van der Waals surface area contributed by atoms with Gasteiger partial charge in [-0.2, -0.15) is 0 Å². The van der Waals surface area contributed by atoms with E-state index in [1.54, 1.807) is 12.4 Å². The fourth-order valence-corrected chi connectivity index (χ4v) is 5.27. The molecule has 2 N–H and O–H groups in total. The number of benzene rings is 1. The minimum atomic E-state index is -1.51. The molecule has 4 amide bonds. The van der Waals surface area contributed by atoms with Gasteiger partial charge in [-0.3, -0.25) is 20.2 Å². The highest BCUT2D eigenvalue weighted by Gasteiger charge is 2.62. The van der Waals surface area contributed by atoms with Crippen molar-refractivity contribution in [2.75, 3.05) is 18.6 Å². The average Bonchev–Trinajstić information content (AvgIpc) is 2.76. The van der Waals surface area contributed by atoms with Crippen LogP contribution in [-0.4, -0.2) is 59.7 Å². The Balaban J connectivity index is 1.68. The van der Waals surface area contributed by atoms with Crippen LogP contribution >= 0.6 is 0 Å². The Hall–Kier alpha value is -3.53. The van der Waals surface area contributed by atoms with Crippen LogP contribution in [0.1, 0.15) is 19.4 Å². The summed E-state index contributed by atoms with van der Waals surface area (Å²) in [5.41, 5.74) is 1.53. The number of anilines is 1. The molecule has 10 heteroatoms. The number of nitrogens with one attached hydrogen (secondary N) is 2.